The van der Waals surface area contributed by atoms with E-state index >= 15 is 0 Å². The summed E-state index contributed by atoms with van der Waals surface area (Å²) < 4.78 is 43.2. The minimum absolute atomic E-state index is 0.0275. The SMILES string of the molecule is COc1cccc(SCC(=O)Nc2cc(C(F)(F)F)ccc2Cl)c1. The van der Waals surface area contributed by atoms with E-state index in [-0.39, 0.29) is 16.5 Å². The van der Waals surface area contributed by atoms with E-state index in [9.17, 15) is 18.0 Å². The van der Waals surface area contributed by atoms with Crippen molar-refractivity contribution in [2.24, 2.45) is 0 Å². The van der Waals surface area contributed by atoms with Crippen LogP contribution in [-0.4, -0.2) is 18.8 Å². The number of hydrogen-bond acceptors (Lipinski definition) is 3. The number of rotatable bonds is 5. The molecular formula is C16H13ClF3NO2S. The van der Waals surface area contributed by atoms with E-state index in [2.05, 4.69) is 5.32 Å². The third-order valence-electron chi connectivity index (χ3n) is 2.98. The van der Waals surface area contributed by atoms with Crippen LogP contribution in [0.15, 0.2) is 47.4 Å². The van der Waals surface area contributed by atoms with Gasteiger partial charge < -0.3 is 10.1 Å². The molecule has 0 aliphatic carbocycles. The van der Waals surface area contributed by atoms with Gasteiger partial charge in [-0.2, -0.15) is 13.2 Å². The van der Waals surface area contributed by atoms with Gasteiger partial charge in [0.15, 0.2) is 0 Å². The first-order chi connectivity index (χ1) is 11.3. The van der Waals surface area contributed by atoms with E-state index < -0.39 is 17.6 Å². The fourth-order valence-corrected chi connectivity index (χ4v) is 2.73. The van der Waals surface area contributed by atoms with Gasteiger partial charge in [0, 0.05) is 4.90 Å². The molecule has 2 rings (SSSR count). The standard InChI is InChI=1S/C16H13ClF3NO2S/c1-23-11-3-2-4-12(8-11)24-9-15(22)21-14-7-10(16(18,19)20)5-6-13(14)17/h2-8H,9H2,1H3,(H,21,22). The number of methoxy groups -OCH3 is 1. The van der Waals surface area contributed by atoms with Crippen LogP contribution in [0.5, 0.6) is 5.75 Å². The Labute approximate surface area is 146 Å². The quantitative estimate of drug-likeness (QED) is 0.739. The van der Waals surface area contributed by atoms with Crippen molar-refractivity contribution in [1.29, 1.82) is 0 Å². The predicted molar refractivity (Wildman–Crippen MR) is 88.8 cm³/mol. The zero-order valence-electron chi connectivity index (χ0n) is 12.5. The first kappa shape index (κ1) is 18.5. The van der Waals surface area contributed by atoms with Gasteiger partial charge in [-0.3, -0.25) is 4.79 Å². The molecule has 0 atom stereocenters. The number of hydrogen-bond donors (Lipinski definition) is 1. The molecule has 0 unspecified atom stereocenters. The molecule has 0 aromatic heterocycles. The van der Waals surface area contributed by atoms with Crippen molar-refractivity contribution >= 4 is 35.0 Å². The zero-order valence-corrected chi connectivity index (χ0v) is 14.1. The van der Waals surface area contributed by atoms with Gasteiger partial charge >= 0.3 is 6.18 Å². The minimum atomic E-state index is -4.50. The van der Waals surface area contributed by atoms with Crippen LogP contribution in [0.3, 0.4) is 0 Å². The Morgan fingerprint density at radius 1 is 1.25 bits per heavy atom. The molecule has 8 heteroatoms. The molecular weight excluding hydrogens is 363 g/mol. The highest BCUT2D eigenvalue weighted by Crippen LogP contribution is 2.34. The molecule has 2 aromatic rings. The molecule has 0 aliphatic rings. The molecule has 1 N–H and O–H groups in total. The number of alkyl halides is 3. The number of anilines is 1. The first-order valence-corrected chi connectivity index (χ1v) is 8.09. The molecule has 0 fully saturated rings. The average Bonchev–Trinajstić information content (AvgIpc) is 2.54. The Bertz CT molecular complexity index is 738. The van der Waals surface area contributed by atoms with Gasteiger partial charge in [0.25, 0.3) is 0 Å². The molecule has 2 aromatic carbocycles. The second kappa shape index (κ2) is 7.81. The number of carbonyl (C=O) groups is 1. The molecule has 0 saturated heterocycles. The van der Waals surface area contributed by atoms with Gasteiger partial charge in [-0.05, 0) is 36.4 Å². The second-order valence-corrected chi connectivity index (χ2v) is 6.16. The maximum Gasteiger partial charge on any atom is 0.416 e. The summed E-state index contributed by atoms with van der Waals surface area (Å²) in [5, 5.41) is 2.44. The highest BCUT2D eigenvalue weighted by molar-refractivity contribution is 8.00. The molecule has 0 spiro atoms. The van der Waals surface area contributed by atoms with Crippen molar-refractivity contribution in [1.82, 2.24) is 0 Å². The summed E-state index contributed by atoms with van der Waals surface area (Å²) in [4.78, 5) is 12.8. The molecule has 0 radical (unpaired) electrons. The van der Waals surface area contributed by atoms with Crippen LogP contribution in [0.4, 0.5) is 18.9 Å². The van der Waals surface area contributed by atoms with Crippen LogP contribution in [0.25, 0.3) is 0 Å². The summed E-state index contributed by atoms with van der Waals surface area (Å²) in [6, 6.07) is 9.90. The molecule has 3 nitrogen and oxygen atoms in total. The summed E-state index contributed by atoms with van der Waals surface area (Å²) in [6.07, 6.45) is -4.50. The lowest BCUT2D eigenvalue weighted by Gasteiger charge is -2.11. The van der Waals surface area contributed by atoms with Crippen molar-refractivity contribution in [2.75, 3.05) is 18.2 Å². The van der Waals surface area contributed by atoms with E-state index in [1.165, 1.54) is 18.9 Å². The third kappa shape index (κ3) is 5.07. The lowest BCUT2D eigenvalue weighted by molar-refractivity contribution is -0.137. The maximum atomic E-state index is 12.7. The van der Waals surface area contributed by atoms with E-state index in [1.54, 1.807) is 24.3 Å². The summed E-state index contributed by atoms with van der Waals surface area (Å²) in [5.41, 5.74) is -0.939. The normalized spacial score (nSPS) is 11.2. The van der Waals surface area contributed by atoms with Crippen molar-refractivity contribution in [2.45, 2.75) is 11.1 Å². The van der Waals surface area contributed by atoms with Crippen molar-refractivity contribution in [3.8, 4) is 5.75 Å². The number of nitrogens with one attached hydrogen (secondary N) is 1. The largest absolute Gasteiger partial charge is 0.497 e. The fraction of sp³-hybridized carbons (Fsp3) is 0.188. The topological polar surface area (TPSA) is 38.3 Å². The Morgan fingerprint density at radius 3 is 2.67 bits per heavy atom. The van der Waals surface area contributed by atoms with Crippen LogP contribution in [0.1, 0.15) is 5.56 Å². The fourth-order valence-electron chi connectivity index (χ4n) is 1.82. The van der Waals surface area contributed by atoms with Gasteiger partial charge in [0.1, 0.15) is 5.75 Å². The highest BCUT2D eigenvalue weighted by atomic mass is 35.5. The number of halogens is 4. The van der Waals surface area contributed by atoms with Crippen molar-refractivity contribution in [3.05, 3.63) is 53.1 Å². The number of thioether (sulfide) groups is 1. The van der Waals surface area contributed by atoms with Crippen LogP contribution in [-0.2, 0) is 11.0 Å². The van der Waals surface area contributed by atoms with E-state index in [1.807, 2.05) is 0 Å². The zero-order chi connectivity index (χ0) is 17.7. The van der Waals surface area contributed by atoms with E-state index in [4.69, 9.17) is 16.3 Å². The molecule has 24 heavy (non-hydrogen) atoms. The Morgan fingerprint density at radius 2 is 2.00 bits per heavy atom. The van der Waals surface area contributed by atoms with Crippen LogP contribution in [0, 0.1) is 0 Å². The Kier molecular flexibility index (Phi) is 6.01. The summed E-state index contributed by atoms with van der Waals surface area (Å²) >= 11 is 7.08. The molecule has 0 aliphatic heterocycles. The molecule has 1 amide bonds. The van der Waals surface area contributed by atoms with Crippen molar-refractivity contribution in [3.63, 3.8) is 0 Å². The predicted octanol–water partition coefficient (Wildman–Crippen LogP) is 5.10. The maximum absolute atomic E-state index is 12.7. The smallest absolute Gasteiger partial charge is 0.416 e. The van der Waals surface area contributed by atoms with Crippen LogP contribution in [0.2, 0.25) is 5.02 Å². The Balaban J connectivity index is 2.02. The minimum Gasteiger partial charge on any atom is -0.497 e. The first-order valence-electron chi connectivity index (χ1n) is 6.73. The number of benzene rings is 2. The summed E-state index contributed by atoms with van der Waals surface area (Å²) in [5.74, 6) is 0.227. The molecule has 0 bridgehead atoms. The van der Waals surface area contributed by atoms with Gasteiger partial charge in [-0.15, -0.1) is 11.8 Å². The lowest BCUT2D eigenvalue weighted by atomic mass is 10.2. The van der Waals surface area contributed by atoms with Gasteiger partial charge in [0.05, 0.1) is 29.1 Å². The number of ether oxygens (including phenoxy) is 1. The summed E-state index contributed by atoms with van der Waals surface area (Å²) in [7, 11) is 1.53. The van der Waals surface area contributed by atoms with Gasteiger partial charge in [-0.25, -0.2) is 0 Å². The average molecular weight is 376 g/mol. The van der Waals surface area contributed by atoms with Gasteiger partial charge in [0.2, 0.25) is 5.91 Å². The van der Waals surface area contributed by atoms with Gasteiger partial charge in [-0.1, -0.05) is 17.7 Å². The highest BCUT2D eigenvalue weighted by Gasteiger charge is 2.31. The lowest BCUT2D eigenvalue weighted by Crippen LogP contribution is -2.15. The number of amides is 1. The van der Waals surface area contributed by atoms with Crippen LogP contribution < -0.4 is 10.1 Å². The van der Waals surface area contributed by atoms with Crippen LogP contribution >= 0.6 is 23.4 Å². The Hall–Kier alpha value is -1.86. The monoisotopic (exact) mass is 375 g/mol. The number of carbonyl (C=O) groups excluding carboxylic acids is 1. The second-order valence-electron chi connectivity index (χ2n) is 4.71. The third-order valence-corrected chi connectivity index (χ3v) is 4.30. The molecule has 128 valence electrons. The van der Waals surface area contributed by atoms with E-state index in [0.717, 1.165) is 23.1 Å². The summed E-state index contributed by atoms with van der Waals surface area (Å²) in [6.45, 7) is 0. The molecule has 0 saturated carbocycles. The molecule has 0 heterocycles. The van der Waals surface area contributed by atoms with Crippen molar-refractivity contribution < 1.29 is 22.7 Å². The van der Waals surface area contributed by atoms with E-state index in [0.29, 0.717) is 5.75 Å².